The number of hydrogen-bond donors (Lipinski definition) is 3. The van der Waals surface area contributed by atoms with Crippen molar-refractivity contribution in [2.75, 3.05) is 19.6 Å². The molecule has 1 saturated carbocycles. The van der Waals surface area contributed by atoms with Crippen molar-refractivity contribution in [2.45, 2.75) is 25.8 Å². The summed E-state index contributed by atoms with van der Waals surface area (Å²) in [5.74, 6) is 2.09. The number of nitrogens with one attached hydrogen (secondary N) is 3. The molecule has 0 unspecified atom stereocenters. The maximum atomic E-state index is 11.7. The van der Waals surface area contributed by atoms with Gasteiger partial charge in [0.25, 0.3) is 0 Å². The van der Waals surface area contributed by atoms with Gasteiger partial charge in [0.15, 0.2) is 5.96 Å². The number of aliphatic imine (C=N–C) groups is 1. The average molecular weight is 482 g/mol. The van der Waals surface area contributed by atoms with E-state index in [2.05, 4.69) is 33.1 Å². The molecule has 0 spiro atoms. The highest BCUT2D eigenvalue weighted by atomic mass is 127. The molecular formula is C20H27IN4O2. The SMILES string of the molecule is I.O=C(NCCNC(=NCc1ccccc1)NCCc1ccco1)C1CC1. The Morgan fingerprint density at radius 2 is 1.74 bits per heavy atom. The number of hydrogen-bond acceptors (Lipinski definition) is 3. The van der Waals surface area contributed by atoms with Gasteiger partial charge in [-0.2, -0.15) is 0 Å². The summed E-state index contributed by atoms with van der Waals surface area (Å²) in [6.45, 7) is 2.56. The zero-order valence-electron chi connectivity index (χ0n) is 15.3. The molecule has 1 aromatic carbocycles. The van der Waals surface area contributed by atoms with E-state index in [-0.39, 0.29) is 35.8 Å². The molecule has 1 heterocycles. The Bertz CT molecular complexity index is 700. The molecule has 1 aliphatic rings. The van der Waals surface area contributed by atoms with Crippen molar-refractivity contribution in [3.8, 4) is 0 Å². The highest BCUT2D eigenvalue weighted by molar-refractivity contribution is 14.0. The van der Waals surface area contributed by atoms with Crippen molar-refractivity contribution < 1.29 is 9.21 Å². The Morgan fingerprint density at radius 3 is 2.44 bits per heavy atom. The van der Waals surface area contributed by atoms with E-state index in [1.807, 2.05) is 30.3 Å². The molecular weight excluding hydrogens is 455 g/mol. The summed E-state index contributed by atoms with van der Waals surface area (Å²) >= 11 is 0. The molecule has 2 aromatic rings. The second-order valence-electron chi connectivity index (χ2n) is 6.40. The minimum Gasteiger partial charge on any atom is -0.469 e. The maximum absolute atomic E-state index is 11.7. The zero-order valence-corrected chi connectivity index (χ0v) is 17.6. The van der Waals surface area contributed by atoms with Gasteiger partial charge in [0.05, 0.1) is 12.8 Å². The Kier molecular flexibility index (Phi) is 9.17. The molecule has 3 N–H and O–H groups in total. The minimum absolute atomic E-state index is 0. The molecule has 1 fully saturated rings. The Morgan fingerprint density at radius 1 is 1.00 bits per heavy atom. The highest BCUT2D eigenvalue weighted by Gasteiger charge is 2.28. The van der Waals surface area contributed by atoms with E-state index in [0.717, 1.165) is 43.1 Å². The van der Waals surface area contributed by atoms with Crippen LogP contribution in [0.2, 0.25) is 0 Å². The van der Waals surface area contributed by atoms with Crippen LogP contribution in [0.15, 0.2) is 58.1 Å². The van der Waals surface area contributed by atoms with E-state index >= 15 is 0 Å². The number of guanidine groups is 1. The lowest BCUT2D eigenvalue weighted by Crippen LogP contribution is -2.42. The van der Waals surface area contributed by atoms with Gasteiger partial charge in [0, 0.05) is 32.0 Å². The molecule has 0 saturated heterocycles. The first-order valence-corrected chi connectivity index (χ1v) is 9.17. The molecule has 0 aliphatic heterocycles. The molecule has 27 heavy (non-hydrogen) atoms. The van der Waals surface area contributed by atoms with E-state index in [1.54, 1.807) is 6.26 Å². The summed E-state index contributed by atoms with van der Waals surface area (Å²) in [6.07, 6.45) is 4.52. The molecule has 0 radical (unpaired) electrons. The summed E-state index contributed by atoms with van der Waals surface area (Å²) in [5.41, 5.74) is 1.15. The van der Waals surface area contributed by atoms with Crippen LogP contribution in [0, 0.1) is 5.92 Å². The van der Waals surface area contributed by atoms with Crippen molar-refractivity contribution in [3.63, 3.8) is 0 Å². The first kappa shape index (κ1) is 21.3. The summed E-state index contributed by atoms with van der Waals surface area (Å²) in [6, 6.07) is 14.0. The van der Waals surface area contributed by atoms with Crippen LogP contribution in [-0.2, 0) is 17.8 Å². The van der Waals surface area contributed by atoms with Gasteiger partial charge in [-0.3, -0.25) is 4.79 Å². The molecule has 0 bridgehead atoms. The lowest BCUT2D eigenvalue weighted by molar-refractivity contribution is -0.122. The Labute approximate surface area is 177 Å². The Balaban J connectivity index is 0.00000261. The van der Waals surface area contributed by atoms with E-state index in [1.165, 1.54) is 0 Å². The van der Waals surface area contributed by atoms with Gasteiger partial charge in [0.1, 0.15) is 5.76 Å². The van der Waals surface area contributed by atoms with E-state index in [4.69, 9.17) is 4.42 Å². The van der Waals surface area contributed by atoms with Crippen LogP contribution in [-0.4, -0.2) is 31.5 Å². The first-order valence-electron chi connectivity index (χ1n) is 9.17. The van der Waals surface area contributed by atoms with E-state index < -0.39 is 0 Å². The fourth-order valence-corrected chi connectivity index (χ4v) is 2.54. The number of amides is 1. The fourth-order valence-electron chi connectivity index (χ4n) is 2.54. The van der Waals surface area contributed by atoms with Crippen LogP contribution in [0.1, 0.15) is 24.2 Å². The number of rotatable bonds is 9. The lowest BCUT2D eigenvalue weighted by atomic mass is 10.2. The lowest BCUT2D eigenvalue weighted by Gasteiger charge is -2.13. The molecule has 1 aliphatic carbocycles. The molecule has 6 nitrogen and oxygen atoms in total. The topological polar surface area (TPSA) is 78.7 Å². The predicted octanol–water partition coefficient (Wildman–Crippen LogP) is 2.70. The van der Waals surface area contributed by atoms with Crippen LogP contribution in [0.5, 0.6) is 0 Å². The van der Waals surface area contributed by atoms with E-state index in [9.17, 15) is 4.79 Å². The summed E-state index contributed by atoms with van der Waals surface area (Å²) in [5, 5.41) is 9.55. The molecule has 7 heteroatoms. The molecule has 1 aromatic heterocycles. The number of carbonyl (C=O) groups excluding carboxylic acids is 1. The predicted molar refractivity (Wildman–Crippen MR) is 117 cm³/mol. The number of nitrogens with zero attached hydrogens (tertiary/aromatic N) is 1. The number of halogens is 1. The molecule has 1 amide bonds. The summed E-state index contributed by atoms with van der Waals surface area (Å²) < 4.78 is 5.35. The standard InChI is InChI=1S/C20H26N4O2.HI/c25-19(17-8-9-17)21-12-13-23-20(22-11-10-18-7-4-14-26-18)24-15-16-5-2-1-3-6-16;/h1-7,14,17H,8-13,15H2,(H,21,25)(H2,22,23,24);1H. The number of benzene rings is 1. The summed E-state index contributed by atoms with van der Waals surface area (Å²) in [4.78, 5) is 16.3. The van der Waals surface area contributed by atoms with Gasteiger partial charge in [-0.05, 0) is 30.5 Å². The molecule has 146 valence electrons. The monoisotopic (exact) mass is 482 g/mol. The minimum atomic E-state index is 0. The normalized spacial score (nSPS) is 13.6. The third-order valence-corrected chi connectivity index (χ3v) is 4.17. The van der Waals surface area contributed by atoms with Crippen molar-refractivity contribution in [1.82, 2.24) is 16.0 Å². The van der Waals surface area contributed by atoms with Gasteiger partial charge in [-0.25, -0.2) is 4.99 Å². The van der Waals surface area contributed by atoms with Crippen LogP contribution >= 0.6 is 24.0 Å². The third-order valence-electron chi connectivity index (χ3n) is 4.17. The largest absolute Gasteiger partial charge is 0.469 e. The van der Waals surface area contributed by atoms with Crippen molar-refractivity contribution in [2.24, 2.45) is 10.9 Å². The van der Waals surface area contributed by atoms with Gasteiger partial charge >= 0.3 is 0 Å². The first-order chi connectivity index (χ1) is 12.8. The average Bonchev–Trinajstić information content (AvgIpc) is 3.40. The zero-order chi connectivity index (χ0) is 18.0. The van der Waals surface area contributed by atoms with Crippen molar-refractivity contribution in [1.29, 1.82) is 0 Å². The third kappa shape index (κ3) is 8.03. The molecule has 0 atom stereocenters. The van der Waals surface area contributed by atoms with Gasteiger partial charge in [0.2, 0.25) is 5.91 Å². The summed E-state index contributed by atoms with van der Waals surface area (Å²) in [7, 11) is 0. The van der Waals surface area contributed by atoms with Crippen molar-refractivity contribution in [3.05, 3.63) is 60.1 Å². The maximum Gasteiger partial charge on any atom is 0.223 e. The van der Waals surface area contributed by atoms with Crippen LogP contribution in [0.3, 0.4) is 0 Å². The second-order valence-corrected chi connectivity index (χ2v) is 6.40. The smallest absolute Gasteiger partial charge is 0.223 e. The highest BCUT2D eigenvalue weighted by Crippen LogP contribution is 2.28. The van der Waals surface area contributed by atoms with Gasteiger partial charge < -0.3 is 20.4 Å². The second kappa shape index (κ2) is 11.6. The van der Waals surface area contributed by atoms with E-state index in [0.29, 0.717) is 19.6 Å². The van der Waals surface area contributed by atoms with Crippen LogP contribution < -0.4 is 16.0 Å². The molecule has 3 rings (SSSR count). The fraction of sp³-hybridized carbons (Fsp3) is 0.400. The van der Waals surface area contributed by atoms with Gasteiger partial charge in [-0.1, -0.05) is 30.3 Å². The van der Waals surface area contributed by atoms with Crippen molar-refractivity contribution >= 4 is 35.8 Å². The Hall–Kier alpha value is -2.03. The van der Waals surface area contributed by atoms with Crippen LogP contribution in [0.4, 0.5) is 0 Å². The van der Waals surface area contributed by atoms with Gasteiger partial charge in [-0.15, -0.1) is 24.0 Å². The number of carbonyl (C=O) groups is 1. The quantitative estimate of drug-likeness (QED) is 0.222. The van der Waals surface area contributed by atoms with Crippen LogP contribution in [0.25, 0.3) is 0 Å². The number of furan rings is 1.